The number of nitrogens with two attached hydrogens (primary N) is 1. The van der Waals surface area contributed by atoms with Gasteiger partial charge in [-0.05, 0) is 25.0 Å². The Hall–Kier alpha value is -2.21. The van der Waals surface area contributed by atoms with Crippen molar-refractivity contribution in [1.82, 2.24) is 9.91 Å². The molecule has 0 saturated carbocycles. The predicted molar refractivity (Wildman–Crippen MR) is 70.1 cm³/mol. The number of fused-ring (bicyclic) bond motifs is 1. The molecule has 2 aliphatic heterocycles. The van der Waals surface area contributed by atoms with Gasteiger partial charge >= 0.3 is 0 Å². The van der Waals surface area contributed by atoms with Crippen LogP contribution in [0.15, 0.2) is 18.2 Å². The van der Waals surface area contributed by atoms with Crippen molar-refractivity contribution >= 4 is 17.7 Å². The Kier molecular flexibility index (Phi) is 2.83. The SMILES string of the molecule is Cc1ccc2c(c1)CN(C1CCC(=O)N(N)C1=O)C2=O. The smallest absolute Gasteiger partial charge is 0.266 e. The van der Waals surface area contributed by atoms with Crippen LogP contribution in [0, 0.1) is 6.92 Å². The van der Waals surface area contributed by atoms with Crippen LogP contribution in [-0.2, 0) is 16.1 Å². The Morgan fingerprint density at radius 2 is 2.00 bits per heavy atom. The van der Waals surface area contributed by atoms with Crippen LogP contribution in [0.25, 0.3) is 0 Å². The first-order valence-electron chi connectivity index (χ1n) is 6.51. The highest BCUT2D eigenvalue weighted by atomic mass is 16.2. The van der Waals surface area contributed by atoms with Crippen LogP contribution in [0.2, 0.25) is 0 Å². The fourth-order valence-corrected chi connectivity index (χ4v) is 2.80. The highest BCUT2D eigenvalue weighted by molar-refractivity contribution is 6.05. The number of hydrazine groups is 1. The minimum absolute atomic E-state index is 0.166. The predicted octanol–water partition coefficient (Wildman–Crippen LogP) is 0.342. The van der Waals surface area contributed by atoms with Crippen LogP contribution in [0.5, 0.6) is 0 Å². The van der Waals surface area contributed by atoms with Crippen molar-refractivity contribution in [3.8, 4) is 0 Å². The first-order chi connectivity index (χ1) is 9.49. The number of benzene rings is 1. The average molecular weight is 273 g/mol. The Bertz CT molecular complexity index is 626. The van der Waals surface area contributed by atoms with Gasteiger partial charge < -0.3 is 4.90 Å². The van der Waals surface area contributed by atoms with Gasteiger partial charge in [-0.1, -0.05) is 17.7 Å². The molecule has 0 radical (unpaired) electrons. The van der Waals surface area contributed by atoms with Crippen molar-refractivity contribution < 1.29 is 14.4 Å². The minimum atomic E-state index is -0.641. The number of nitrogens with zero attached hydrogens (tertiary/aromatic N) is 2. The molecule has 0 bridgehead atoms. The van der Waals surface area contributed by atoms with E-state index in [-0.39, 0.29) is 12.3 Å². The standard InChI is InChI=1S/C14H15N3O3/c1-8-2-3-10-9(6-8)7-16(13(10)19)11-4-5-12(18)17(15)14(11)20/h2-3,6,11H,4-5,7,15H2,1H3. The lowest BCUT2D eigenvalue weighted by atomic mass is 10.0. The second-order valence-corrected chi connectivity index (χ2v) is 5.25. The average Bonchev–Trinajstić information content (AvgIpc) is 2.73. The fraction of sp³-hybridized carbons (Fsp3) is 0.357. The summed E-state index contributed by atoms with van der Waals surface area (Å²) in [4.78, 5) is 37.3. The molecule has 104 valence electrons. The molecule has 20 heavy (non-hydrogen) atoms. The molecular formula is C14H15N3O3. The molecule has 2 heterocycles. The van der Waals surface area contributed by atoms with Gasteiger partial charge in [-0.15, -0.1) is 0 Å². The zero-order chi connectivity index (χ0) is 14.4. The quantitative estimate of drug-likeness (QED) is 0.454. The fourth-order valence-electron chi connectivity index (χ4n) is 2.80. The maximum Gasteiger partial charge on any atom is 0.266 e. The summed E-state index contributed by atoms with van der Waals surface area (Å²) in [6.45, 7) is 2.35. The number of rotatable bonds is 1. The molecule has 3 rings (SSSR count). The second kappa shape index (κ2) is 4.42. The molecule has 1 unspecified atom stereocenters. The number of hydrogen-bond acceptors (Lipinski definition) is 4. The number of imide groups is 1. The molecular weight excluding hydrogens is 258 g/mol. The van der Waals surface area contributed by atoms with Crippen LogP contribution in [0.4, 0.5) is 0 Å². The Morgan fingerprint density at radius 1 is 1.25 bits per heavy atom. The summed E-state index contributed by atoms with van der Waals surface area (Å²) < 4.78 is 0. The molecule has 2 N–H and O–H groups in total. The van der Waals surface area contributed by atoms with Crippen molar-refractivity contribution in [2.75, 3.05) is 0 Å². The van der Waals surface area contributed by atoms with E-state index in [4.69, 9.17) is 5.84 Å². The van der Waals surface area contributed by atoms with Crippen molar-refractivity contribution in [1.29, 1.82) is 0 Å². The third kappa shape index (κ3) is 1.80. The molecule has 0 aromatic heterocycles. The first kappa shape index (κ1) is 12.8. The van der Waals surface area contributed by atoms with E-state index in [1.165, 1.54) is 4.90 Å². The summed E-state index contributed by atoms with van der Waals surface area (Å²) in [5.41, 5.74) is 2.62. The van der Waals surface area contributed by atoms with Gasteiger partial charge in [-0.25, -0.2) is 10.9 Å². The summed E-state index contributed by atoms with van der Waals surface area (Å²) in [5, 5.41) is 0.635. The molecule has 1 atom stereocenters. The number of carbonyl (C=O) groups excluding carboxylic acids is 3. The summed E-state index contributed by atoms with van der Waals surface area (Å²) in [5.74, 6) is 4.39. The first-order valence-corrected chi connectivity index (χ1v) is 6.51. The second-order valence-electron chi connectivity index (χ2n) is 5.25. The van der Waals surface area contributed by atoms with E-state index in [0.717, 1.165) is 11.1 Å². The Balaban J connectivity index is 1.89. The highest BCUT2D eigenvalue weighted by Gasteiger charge is 2.41. The van der Waals surface area contributed by atoms with Gasteiger partial charge in [-0.2, -0.15) is 0 Å². The zero-order valence-electron chi connectivity index (χ0n) is 11.1. The molecule has 1 saturated heterocycles. The largest absolute Gasteiger partial charge is 0.322 e. The van der Waals surface area contributed by atoms with Crippen LogP contribution in [0.1, 0.15) is 34.3 Å². The topological polar surface area (TPSA) is 83.7 Å². The highest BCUT2D eigenvalue weighted by Crippen LogP contribution is 2.28. The van der Waals surface area contributed by atoms with Gasteiger partial charge in [0.25, 0.3) is 11.8 Å². The number of aryl methyl sites for hydroxylation is 1. The van der Waals surface area contributed by atoms with Gasteiger partial charge in [0.2, 0.25) is 5.91 Å². The van der Waals surface area contributed by atoms with Crippen LogP contribution in [0.3, 0.4) is 0 Å². The van der Waals surface area contributed by atoms with Gasteiger partial charge in [0.1, 0.15) is 6.04 Å². The summed E-state index contributed by atoms with van der Waals surface area (Å²) in [7, 11) is 0. The van der Waals surface area contributed by atoms with Gasteiger partial charge in [0, 0.05) is 18.5 Å². The lowest BCUT2D eigenvalue weighted by molar-refractivity contribution is -0.152. The van der Waals surface area contributed by atoms with Gasteiger partial charge in [-0.3, -0.25) is 14.4 Å². The van der Waals surface area contributed by atoms with Crippen molar-refractivity contribution in [3.63, 3.8) is 0 Å². The van der Waals surface area contributed by atoms with Crippen molar-refractivity contribution in [3.05, 3.63) is 34.9 Å². The molecule has 0 spiro atoms. The lowest BCUT2D eigenvalue weighted by Crippen LogP contribution is -2.57. The zero-order valence-corrected chi connectivity index (χ0v) is 11.1. The lowest BCUT2D eigenvalue weighted by Gasteiger charge is -2.33. The van der Waals surface area contributed by atoms with E-state index in [2.05, 4.69) is 0 Å². The van der Waals surface area contributed by atoms with E-state index in [9.17, 15) is 14.4 Å². The molecule has 0 aliphatic carbocycles. The monoisotopic (exact) mass is 273 g/mol. The van der Waals surface area contributed by atoms with E-state index < -0.39 is 17.9 Å². The molecule has 6 heteroatoms. The maximum absolute atomic E-state index is 12.4. The molecule has 1 fully saturated rings. The molecule has 2 aliphatic rings. The Morgan fingerprint density at radius 3 is 2.75 bits per heavy atom. The summed E-state index contributed by atoms with van der Waals surface area (Å²) in [6.07, 6.45) is 0.524. The van der Waals surface area contributed by atoms with E-state index in [1.54, 1.807) is 6.07 Å². The maximum atomic E-state index is 12.4. The van der Waals surface area contributed by atoms with Crippen LogP contribution in [-0.4, -0.2) is 33.7 Å². The number of amides is 3. The molecule has 3 amide bonds. The van der Waals surface area contributed by atoms with Crippen LogP contribution < -0.4 is 5.84 Å². The minimum Gasteiger partial charge on any atom is -0.322 e. The summed E-state index contributed by atoms with van der Waals surface area (Å²) >= 11 is 0. The van der Waals surface area contributed by atoms with E-state index >= 15 is 0 Å². The van der Waals surface area contributed by atoms with Crippen molar-refractivity contribution in [2.45, 2.75) is 32.4 Å². The van der Waals surface area contributed by atoms with Gasteiger partial charge in [0.15, 0.2) is 0 Å². The van der Waals surface area contributed by atoms with E-state index in [0.29, 0.717) is 23.5 Å². The third-order valence-electron chi connectivity index (χ3n) is 3.89. The third-order valence-corrected chi connectivity index (χ3v) is 3.89. The number of hydrogen-bond donors (Lipinski definition) is 1. The Labute approximate surface area is 116 Å². The van der Waals surface area contributed by atoms with Crippen LogP contribution >= 0.6 is 0 Å². The molecule has 6 nitrogen and oxygen atoms in total. The van der Waals surface area contributed by atoms with E-state index in [1.807, 2.05) is 19.1 Å². The number of carbonyl (C=O) groups is 3. The summed E-state index contributed by atoms with van der Waals surface area (Å²) in [6, 6.07) is 4.97. The normalized spacial score (nSPS) is 22.5. The number of piperidine rings is 1. The van der Waals surface area contributed by atoms with Gasteiger partial charge in [0.05, 0.1) is 0 Å². The molecule has 1 aromatic carbocycles. The molecule has 1 aromatic rings. The van der Waals surface area contributed by atoms with Crippen molar-refractivity contribution in [2.24, 2.45) is 5.84 Å².